The van der Waals surface area contributed by atoms with Gasteiger partial charge in [0.2, 0.25) is 0 Å². The van der Waals surface area contributed by atoms with Crippen LogP contribution < -0.4 is 0 Å². The molecular formula is C17H7F3N2. The summed E-state index contributed by atoms with van der Waals surface area (Å²) in [4.78, 5) is 0. The molecule has 0 fully saturated rings. The minimum atomic E-state index is -4.51. The molecule has 0 saturated heterocycles. The summed E-state index contributed by atoms with van der Waals surface area (Å²) in [6.07, 6.45) is -4.51. The van der Waals surface area contributed by atoms with Gasteiger partial charge in [-0.2, -0.15) is 23.7 Å². The molecule has 1 aliphatic carbocycles. The topological polar surface area (TPSA) is 47.6 Å². The van der Waals surface area contributed by atoms with Gasteiger partial charge in [-0.1, -0.05) is 36.4 Å². The van der Waals surface area contributed by atoms with Gasteiger partial charge in [-0.25, -0.2) is 0 Å². The van der Waals surface area contributed by atoms with Crippen LogP contribution in [0.25, 0.3) is 16.7 Å². The zero-order valence-corrected chi connectivity index (χ0v) is 11.1. The van der Waals surface area contributed by atoms with E-state index in [0.717, 1.165) is 6.07 Å². The van der Waals surface area contributed by atoms with E-state index in [2.05, 4.69) is 0 Å². The summed E-state index contributed by atoms with van der Waals surface area (Å²) < 4.78 is 39.8. The summed E-state index contributed by atoms with van der Waals surface area (Å²) in [5.41, 5.74) is 0.489. The number of halogens is 3. The Balaban J connectivity index is 2.49. The first kappa shape index (κ1) is 13.9. The number of nitriles is 2. The molecule has 0 spiro atoms. The van der Waals surface area contributed by atoms with Crippen molar-refractivity contribution in [3.8, 4) is 23.3 Å². The first-order chi connectivity index (χ1) is 10.5. The zero-order valence-electron chi connectivity index (χ0n) is 11.1. The quantitative estimate of drug-likeness (QED) is 0.572. The van der Waals surface area contributed by atoms with Gasteiger partial charge in [0.15, 0.2) is 0 Å². The standard InChI is InChI=1S/C17H7F3N2/c18-17(19,20)14-7-3-6-13-15(10(8-21)9-22)11-4-1-2-5-12(11)16(13)14/h1-7H. The van der Waals surface area contributed by atoms with Crippen molar-refractivity contribution in [2.75, 3.05) is 0 Å². The molecule has 0 N–H and O–H groups in total. The fraction of sp³-hybridized carbons (Fsp3) is 0.0588. The average molecular weight is 296 g/mol. The van der Waals surface area contributed by atoms with Gasteiger partial charge in [-0.15, -0.1) is 0 Å². The van der Waals surface area contributed by atoms with Crippen molar-refractivity contribution < 1.29 is 13.2 Å². The van der Waals surface area contributed by atoms with E-state index in [-0.39, 0.29) is 22.3 Å². The molecule has 0 atom stereocenters. The highest BCUT2D eigenvalue weighted by molar-refractivity contribution is 6.05. The van der Waals surface area contributed by atoms with Gasteiger partial charge < -0.3 is 0 Å². The second kappa shape index (κ2) is 4.75. The van der Waals surface area contributed by atoms with Gasteiger partial charge in [0.25, 0.3) is 0 Å². The largest absolute Gasteiger partial charge is 0.417 e. The lowest BCUT2D eigenvalue weighted by molar-refractivity contribution is -0.137. The van der Waals surface area contributed by atoms with Gasteiger partial charge in [-0.3, -0.25) is 0 Å². The Morgan fingerprint density at radius 3 is 2.00 bits per heavy atom. The number of rotatable bonds is 0. The maximum Gasteiger partial charge on any atom is 0.417 e. The monoisotopic (exact) mass is 296 g/mol. The highest BCUT2D eigenvalue weighted by Crippen LogP contribution is 2.50. The van der Waals surface area contributed by atoms with E-state index in [1.807, 2.05) is 0 Å². The third kappa shape index (κ3) is 1.88. The summed E-state index contributed by atoms with van der Waals surface area (Å²) in [6.45, 7) is 0. The molecule has 0 radical (unpaired) electrons. The predicted molar refractivity (Wildman–Crippen MR) is 74.1 cm³/mol. The van der Waals surface area contributed by atoms with Crippen LogP contribution in [0.2, 0.25) is 0 Å². The number of hydrogen-bond acceptors (Lipinski definition) is 2. The number of nitrogens with zero attached hydrogens (tertiary/aromatic N) is 2. The van der Waals surface area contributed by atoms with E-state index in [1.165, 1.54) is 12.1 Å². The lowest BCUT2D eigenvalue weighted by Crippen LogP contribution is -2.07. The van der Waals surface area contributed by atoms with Crippen LogP contribution in [-0.2, 0) is 6.18 Å². The van der Waals surface area contributed by atoms with Gasteiger partial charge in [0, 0.05) is 11.1 Å². The Kier molecular flexibility index (Phi) is 3.00. The Morgan fingerprint density at radius 1 is 0.818 bits per heavy atom. The molecule has 3 rings (SSSR count). The molecule has 0 saturated carbocycles. The summed E-state index contributed by atoms with van der Waals surface area (Å²) in [5, 5.41) is 18.2. The van der Waals surface area contributed by atoms with Crippen molar-refractivity contribution in [3.63, 3.8) is 0 Å². The Labute approximate surface area is 124 Å². The lowest BCUT2D eigenvalue weighted by atomic mass is 9.97. The zero-order chi connectivity index (χ0) is 15.9. The molecule has 106 valence electrons. The molecule has 1 aliphatic rings. The average Bonchev–Trinajstić information content (AvgIpc) is 2.83. The van der Waals surface area contributed by atoms with E-state index in [1.54, 1.807) is 36.4 Å². The minimum absolute atomic E-state index is 0.0311. The molecule has 0 aromatic heterocycles. The van der Waals surface area contributed by atoms with Crippen LogP contribution in [0.15, 0.2) is 48.0 Å². The van der Waals surface area contributed by atoms with E-state index in [0.29, 0.717) is 11.1 Å². The molecule has 2 aromatic carbocycles. The smallest absolute Gasteiger partial charge is 0.192 e. The molecule has 0 amide bonds. The van der Waals surface area contributed by atoms with Crippen molar-refractivity contribution >= 4 is 5.57 Å². The predicted octanol–water partition coefficient (Wildman–Crippen LogP) is 4.53. The van der Waals surface area contributed by atoms with E-state index < -0.39 is 11.7 Å². The number of allylic oxidation sites excluding steroid dienone is 1. The molecule has 22 heavy (non-hydrogen) atoms. The Hall–Kier alpha value is -3.05. The third-order valence-corrected chi connectivity index (χ3v) is 3.58. The van der Waals surface area contributed by atoms with Crippen LogP contribution in [0.4, 0.5) is 13.2 Å². The number of hydrogen-bond donors (Lipinski definition) is 0. The second-order valence-electron chi connectivity index (χ2n) is 4.75. The van der Waals surface area contributed by atoms with Crippen molar-refractivity contribution in [3.05, 3.63) is 64.7 Å². The Morgan fingerprint density at radius 2 is 1.41 bits per heavy atom. The summed E-state index contributed by atoms with van der Waals surface area (Å²) in [6, 6.07) is 13.9. The summed E-state index contributed by atoms with van der Waals surface area (Å²) in [7, 11) is 0. The Bertz CT molecular complexity index is 877. The van der Waals surface area contributed by atoms with Crippen LogP contribution in [0.3, 0.4) is 0 Å². The van der Waals surface area contributed by atoms with E-state index in [9.17, 15) is 13.2 Å². The summed E-state index contributed by atoms with van der Waals surface area (Å²) in [5.74, 6) is 0. The van der Waals surface area contributed by atoms with Crippen molar-refractivity contribution in [2.24, 2.45) is 0 Å². The molecule has 0 aliphatic heterocycles. The number of fused-ring (bicyclic) bond motifs is 3. The van der Waals surface area contributed by atoms with Gasteiger partial charge in [0.1, 0.15) is 17.7 Å². The van der Waals surface area contributed by atoms with Crippen molar-refractivity contribution in [1.29, 1.82) is 10.5 Å². The highest BCUT2D eigenvalue weighted by Gasteiger charge is 2.38. The molecule has 0 bridgehead atoms. The highest BCUT2D eigenvalue weighted by atomic mass is 19.4. The van der Waals surface area contributed by atoms with Crippen molar-refractivity contribution in [2.45, 2.75) is 6.18 Å². The lowest BCUT2D eigenvalue weighted by Gasteiger charge is -2.12. The molecule has 2 nitrogen and oxygen atoms in total. The normalized spacial score (nSPS) is 12.1. The van der Waals surface area contributed by atoms with Gasteiger partial charge >= 0.3 is 6.18 Å². The number of benzene rings is 2. The molecule has 0 unspecified atom stereocenters. The van der Waals surface area contributed by atoms with Crippen LogP contribution >= 0.6 is 0 Å². The van der Waals surface area contributed by atoms with Crippen LogP contribution in [0.5, 0.6) is 0 Å². The fourth-order valence-corrected chi connectivity index (χ4v) is 2.76. The third-order valence-electron chi connectivity index (χ3n) is 3.58. The second-order valence-corrected chi connectivity index (χ2v) is 4.75. The molecular weight excluding hydrogens is 289 g/mol. The van der Waals surface area contributed by atoms with Crippen LogP contribution in [-0.4, -0.2) is 0 Å². The maximum atomic E-state index is 13.3. The van der Waals surface area contributed by atoms with E-state index >= 15 is 0 Å². The van der Waals surface area contributed by atoms with Crippen LogP contribution in [0.1, 0.15) is 16.7 Å². The minimum Gasteiger partial charge on any atom is -0.192 e. The summed E-state index contributed by atoms with van der Waals surface area (Å²) >= 11 is 0. The maximum absolute atomic E-state index is 13.3. The fourth-order valence-electron chi connectivity index (χ4n) is 2.76. The molecule has 2 aromatic rings. The van der Waals surface area contributed by atoms with E-state index in [4.69, 9.17) is 10.5 Å². The number of alkyl halides is 3. The van der Waals surface area contributed by atoms with Gasteiger partial charge in [0.05, 0.1) is 5.56 Å². The molecule has 0 heterocycles. The van der Waals surface area contributed by atoms with Crippen LogP contribution in [0, 0.1) is 22.7 Å². The SMILES string of the molecule is N#CC(C#N)=C1c2ccccc2-c2c1cccc2C(F)(F)F. The first-order valence-corrected chi connectivity index (χ1v) is 6.34. The molecule has 5 heteroatoms. The van der Waals surface area contributed by atoms with Crippen molar-refractivity contribution in [1.82, 2.24) is 0 Å². The van der Waals surface area contributed by atoms with Gasteiger partial charge in [-0.05, 0) is 22.8 Å². The first-order valence-electron chi connectivity index (χ1n) is 6.34.